The number of H-pyrrole nitrogens is 1. The summed E-state index contributed by atoms with van der Waals surface area (Å²) in [5.74, 6) is 0. The first-order valence-electron chi connectivity index (χ1n) is 8.10. The fraction of sp³-hybridized carbons (Fsp3) is 0.368. The maximum absolute atomic E-state index is 12.0. The monoisotopic (exact) mass is 324 g/mol. The summed E-state index contributed by atoms with van der Waals surface area (Å²) in [6.45, 7) is 3.71. The summed E-state index contributed by atoms with van der Waals surface area (Å²) in [5.41, 5.74) is 3.02. The molecule has 124 valence electrons. The van der Waals surface area contributed by atoms with Crippen molar-refractivity contribution in [3.05, 3.63) is 57.5 Å². The van der Waals surface area contributed by atoms with E-state index in [-0.39, 0.29) is 17.2 Å². The fourth-order valence-electron chi connectivity index (χ4n) is 2.94. The molecular formula is C19H20N2O3. The SMILES string of the molecule is Cc1cc(-c2cccc(COCC3CCCO3)c2)c(C#N)c(=O)[nH]1. The summed E-state index contributed by atoms with van der Waals surface area (Å²) in [4.78, 5) is 14.6. The third-order valence-corrected chi connectivity index (χ3v) is 4.11. The number of nitriles is 1. The molecule has 1 N–H and O–H groups in total. The Kier molecular flexibility index (Phi) is 5.09. The average molecular weight is 324 g/mol. The van der Waals surface area contributed by atoms with Crippen LogP contribution in [0.3, 0.4) is 0 Å². The highest BCUT2D eigenvalue weighted by atomic mass is 16.5. The lowest BCUT2D eigenvalue weighted by molar-refractivity contribution is 0.0106. The molecule has 1 atom stereocenters. The molecule has 1 fully saturated rings. The predicted octanol–water partition coefficient (Wildman–Crippen LogP) is 2.92. The Morgan fingerprint density at radius 2 is 2.29 bits per heavy atom. The van der Waals surface area contributed by atoms with Gasteiger partial charge in [-0.25, -0.2) is 0 Å². The zero-order valence-electron chi connectivity index (χ0n) is 13.7. The Labute approximate surface area is 140 Å². The number of nitrogens with zero attached hydrogens (tertiary/aromatic N) is 1. The van der Waals surface area contributed by atoms with Crippen molar-refractivity contribution < 1.29 is 9.47 Å². The molecule has 24 heavy (non-hydrogen) atoms. The average Bonchev–Trinajstić information content (AvgIpc) is 3.08. The number of ether oxygens (including phenoxy) is 2. The minimum atomic E-state index is -0.354. The van der Waals surface area contributed by atoms with Gasteiger partial charge in [0.2, 0.25) is 0 Å². The number of aryl methyl sites for hydroxylation is 1. The van der Waals surface area contributed by atoms with Crippen molar-refractivity contribution in [2.75, 3.05) is 13.2 Å². The van der Waals surface area contributed by atoms with Gasteiger partial charge in [0.05, 0.1) is 19.3 Å². The second-order valence-electron chi connectivity index (χ2n) is 6.03. The van der Waals surface area contributed by atoms with Crippen molar-refractivity contribution in [2.24, 2.45) is 0 Å². The molecule has 5 heteroatoms. The lowest BCUT2D eigenvalue weighted by Gasteiger charge is -2.11. The normalized spacial score (nSPS) is 16.9. The lowest BCUT2D eigenvalue weighted by Crippen LogP contribution is -2.14. The largest absolute Gasteiger partial charge is 0.376 e. The fourth-order valence-corrected chi connectivity index (χ4v) is 2.94. The summed E-state index contributed by atoms with van der Waals surface area (Å²) in [6.07, 6.45) is 2.36. The van der Waals surface area contributed by atoms with Crippen molar-refractivity contribution in [3.8, 4) is 17.2 Å². The van der Waals surface area contributed by atoms with Crippen molar-refractivity contribution in [1.82, 2.24) is 4.98 Å². The molecule has 0 aliphatic carbocycles. The van der Waals surface area contributed by atoms with Gasteiger partial charge in [-0.3, -0.25) is 4.79 Å². The van der Waals surface area contributed by atoms with Crippen LogP contribution in [-0.2, 0) is 16.1 Å². The van der Waals surface area contributed by atoms with Crippen LogP contribution in [0.1, 0.15) is 29.7 Å². The van der Waals surface area contributed by atoms with Crippen LogP contribution in [0.5, 0.6) is 0 Å². The van der Waals surface area contributed by atoms with E-state index in [2.05, 4.69) is 4.98 Å². The van der Waals surface area contributed by atoms with Crippen molar-refractivity contribution >= 4 is 0 Å². The van der Waals surface area contributed by atoms with Crippen molar-refractivity contribution in [2.45, 2.75) is 32.5 Å². The maximum Gasteiger partial charge on any atom is 0.266 e. The Hall–Kier alpha value is -2.42. The Bertz CT molecular complexity index is 814. The minimum absolute atomic E-state index is 0.137. The highest BCUT2D eigenvalue weighted by Crippen LogP contribution is 2.23. The van der Waals surface area contributed by atoms with E-state index in [1.807, 2.05) is 36.4 Å². The maximum atomic E-state index is 12.0. The molecule has 5 nitrogen and oxygen atoms in total. The lowest BCUT2D eigenvalue weighted by atomic mass is 9.99. The smallest absolute Gasteiger partial charge is 0.266 e. The molecule has 3 rings (SSSR count). The first-order chi connectivity index (χ1) is 11.7. The number of benzene rings is 1. The van der Waals surface area contributed by atoms with E-state index in [9.17, 15) is 10.1 Å². The van der Waals surface area contributed by atoms with Crippen molar-refractivity contribution in [3.63, 3.8) is 0 Å². The molecule has 0 radical (unpaired) electrons. The number of hydrogen-bond acceptors (Lipinski definition) is 4. The van der Waals surface area contributed by atoms with E-state index >= 15 is 0 Å². The predicted molar refractivity (Wildman–Crippen MR) is 90.6 cm³/mol. The molecule has 0 bridgehead atoms. The minimum Gasteiger partial charge on any atom is -0.376 e. The van der Waals surface area contributed by atoms with Crippen LogP contribution < -0.4 is 5.56 Å². The van der Waals surface area contributed by atoms with Gasteiger partial charge in [-0.15, -0.1) is 0 Å². The zero-order valence-corrected chi connectivity index (χ0v) is 13.7. The van der Waals surface area contributed by atoms with Gasteiger partial charge in [-0.05, 0) is 43.0 Å². The van der Waals surface area contributed by atoms with E-state index in [1.165, 1.54) is 0 Å². The molecule has 1 aliphatic rings. The van der Waals surface area contributed by atoms with E-state index in [0.29, 0.717) is 18.8 Å². The Morgan fingerprint density at radius 3 is 3.04 bits per heavy atom. The van der Waals surface area contributed by atoms with Crippen LogP contribution in [0.25, 0.3) is 11.1 Å². The summed E-state index contributed by atoms with van der Waals surface area (Å²) < 4.78 is 11.3. The van der Waals surface area contributed by atoms with Gasteiger partial charge in [0, 0.05) is 17.9 Å². The standard InChI is InChI=1S/C19H20N2O3/c1-13-8-17(18(10-20)19(22)21-13)15-5-2-4-14(9-15)11-23-12-16-6-3-7-24-16/h2,4-5,8-9,16H,3,6-7,11-12H2,1H3,(H,21,22). The topological polar surface area (TPSA) is 75.1 Å². The molecule has 2 heterocycles. The molecule has 0 amide bonds. The van der Waals surface area contributed by atoms with Crippen LogP contribution in [-0.4, -0.2) is 24.3 Å². The van der Waals surface area contributed by atoms with E-state index in [4.69, 9.17) is 9.47 Å². The highest BCUT2D eigenvalue weighted by molar-refractivity contribution is 5.70. The molecular weight excluding hydrogens is 304 g/mol. The first kappa shape index (κ1) is 16.4. The summed E-state index contributed by atoms with van der Waals surface area (Å²) >= 11 is 0. The highest BCUT2D eigenvalue weighted by Gasteiger charge is 2.15. The summed E-state index contributed by atoms with van der Waals surface area (Å²) in [5, 5.41) is 9.27. The van der Waals surface area contributed by atoms with Crippen molar-refractivity contribution in [1.29, 1.82) is 5.26 Å². The molecule has 1 aromatic heterocycles. The van der Waals surface area contributed by atoms with Crippen LogP contribution in [0.15, 0.2) is 35.1 Å². The van der Waals surface area contributed by atoms with Crippen LogP contribution >= 0.6 is 0 Å². The number of pyridine rings is 1. The number of hydrogen-bond donors (Lipinski definition) is 1. The van der Waals surface area contributed by atoms with Crippen LogP contribution in [0.2, 0.25) is 0 Å². The second kappa shape index (κ2) is 7.43. The van der Waals surface area contributed by atoms with Gasteiger partial charge in [-0.2, -0.15) is 5.26 Å². The molecule has 2 aromatic rings. The quantitative estimate of drug-likeness (QED) is 0.917. The summed E-state index contributed by atoms with van der Waals surface area (Å²) in [6, 6.07) is 11.6. The summed E-state index contributed by atoms with van der Waals surface area (Å²) in [7, 11) is 0. The zero-order chi connectivity index (χ0) is 16.9. The second-order valence-corrected chi connectivity index (χ2v) is 6.03. The third kappa shape index (κ3) is 3.73. The van der Waals surface area contributed by atoms with Gasteiger partial charge < -0.3 is 14.5 Å². The Morgan fingerprint density at radius 1 is 1.42 bits per heavy atom. The van der Waals surface area contributed by atoms with Gasteiger partial charge in [0.15, 0.2) is 0 Å². The van der Waals surface area contributed by atoms with Crippen LogP contribution in [0.4, 0.5) is 0 Å². The van der Waals surface area contributed by atoms with Gasteiger partial charge in [0.1, 0.15) is 11.6 Å². The molecule has 1 aliphatic heterocycles. The molecule has 1 aromatic carbocycles. The van der Waals surface area contributed by atoms with Crippen LogP contribution in [0, 0.1) is 18.3 Å². The number of rotatable bonds is 5. The van der Waals surface area contributed by atoms with E-state index in [1.54, 1.807) is 6.92 Å². The first-order valence-corrected chi connectivity index (χ1v) is 8.10. The molecule has 1 saturated heterocycles. The Balaban J connectivity index is 1.78. The number of aromatic nitrogens is 1. The van der Waals surface area contributed by atoms with E-state index < -0.39 is 0 Å². The molecule has 1 unspecified atom stereocenters. The molecule has 0 spiro atoms. The number of nitrogens with one attached hydrogen (secondary N) is 1. The molecule has 0 saturated carbocycles. The van der Waals surface area contributed by atoms with Gasteiger partial charge >= 0.3 is 0 Å². The third-order valence-electron chi connectivity index (χ3n) is 4.11. The van der Waals surface area contributed by atoms with Gasteiger partial charge in [0.25, 0.3) is 5.56 Å². The number of aromatic amines is 1. The van der Waals surface area contributed by atoms with E-state index in [0.717, 1.165) is 36.3 Å². The van der Waals surface area contributed by atoms with Gasteiger partial charge in [-0.1, -0.05) is 18.2 Å².